The molecule has 1 saturated heterocycles. The first-order valence-electron chi connectivity index (χ1n) is 8.53. The van der Waals surface area contributed by atoms with E-state index in [2.05, 4.69) is 17.1 Å². The van der Waals surface area contributed by atoms with Gasteiger partial charge >= 0.3 is 0 Å². The summed E-state index contributed by atoms with van der Waals surface area (Å²) in [5, 5.41) is 12.5. The third-order valence-corrected chi connectivity index (χ3v) is 4.82. The van der Waals surface area contributed by atoms with E-state index in [-0.39, 0.29) is 6.61 Å². The quantitative estimate of drug-likeness (QED) is 0.748. The molecule has 0 bridgehead atoms. The van der Waals surface area contributed by atoms with Gasteiger partial charge < -0.3 is 20.1 Å². The third-order valence-electron chi connectivity index (χ3n) is 4.82. The Bertz CT molecular complexity index is 221. The molecule has 2 rings (SSSR count). The Morgan fingerprint density at radius 1 is 1.10 bits per heavy atom. The first-order valence-corrected chi connectivity index (χ1v) is 8.53. The average Bonchev–Trinajstić information content (AvgIpc) is 2.52. The zero-order valence-electron chi connectivity index (χ0n) is 13.0. The minimum Gasteiger partial charge on any atom is -0.394 e. The first-order chi connectivity index (χ1) is 9.83. The lowest BCUT2D eigenvalue weighted by Crippen LogP contribution is -2.47. The number of rotatable bonds is 7. The minimum absolute atomic E-state index is 0.148. The molecule has 1 heterocycles. The molecule has 0 aromatic carbocycles. The molecule has 4 nitrogen and oxygen atoms in total. The van der Waals surface area contributed by atoms with Crippen molar-refractivity contribution < 1.29 is 9.84 Å². The molecule has 1 aliphatic heterocycles. The number of nitrogens with one attached hydrogen (secondary N) is 1. The van der Waals surface area contributed by atoms with Crippen molar-refractivity contribution in [3.05, 3.63) is 0 Å². The van der Waals surface area contributed by atoms with E-state index in [1.807, 2.05) is 0 Å². The van der Waals surface area contributed by atoms with Crippen molar-refractivity contribution in [2.75, 3.05) is 32.8 Å². The van der Waals surface area contributed by atoms with E-state index in [1.165, 1.54) is 51.7 Å². The second kappa shape index (κ2) is 8.98. The van der Waals surface area contributed by atoms with Gasteiger partial charge in [0, 0.05) is 25.2 Å². The van der Waals surface area contributed by atoms with E-state index in [1.54, 1.807) is 0 Å². The van der Waals surface area contributed by atoms with Crippen LogP contribution in [0.2, 0.25) is 0 Å². The molecule has 0 amide bonds. The van der Waals surface area contributed by atoms with Gasteiger partial charge in [-0.05, 0) is 51.5 Å². The van der Waals surface area contributed by atoms with E-state index in [0.717, 1.165) is 24.9 Å². The summed E-state index contributed by atoms with van der Waals surface area (Å²) in [6.45, 7) is 6.40. The number of ether oxygens (including phenoxy) is 1. The fourth-order valence-electron chi connectivity index (χ4n) is 3.62. The van der Waals surface area contributed by atoms with Crippen LogP contribution in [0.4, 0.5) is 0 Å². The third kappa shape index (κ3) is 4.99. The maximum atomic E-state index is 8.80. The predicted molar refractivity (Wildman–Crippen MR) is 82.0 cm³/mol. The van der Waals surface area contributed by atoms with Crippen LogP contribution in [0.1, 0.15) is 51.9 Å². The Hall–Kier alpha value is -0.160. The van der Waals surface area contributed by atoms with Crippen molar-refractivity contribution in [1.29, 1.82) is 0 Å². The molecule has 1 saturated carbocycles. The molecule has 118 valence electrons. The molecule has 20 heavy (non-hydrogen) atoms. The number of piperidine rings is 1. The first kappa shape index (κ1) is 16.2. The van der Waals surface area contributed by atoms with Gasteiger partial charge in [-0.1, -0.05) is 6.92 Å². The van der Waals surface area contributed by atoms with Gasteiger partial charge in [-0.25, -0.2) is 0 Å². The van der Waals surface area contributed by atoms with Gasteiger partial charge in [0.25, 0.3) is 0 Å². The second-order valence-corrected chi connectivity index (χ2v) is 6.29. The van der Waals surface area contributed by atoms with Gasteiger partial charge in [0.2, 0.25) is 0 Å². The van der Waals surface area contributed by atoms with Crippen LogP contribution in [0, 0.1) is 0 Å². The van der Waals surface area contributed by atoms with Crippen LogP contribution in [-0.4, -0.2) is 61.0 Å². The van der Waals surface area contributed by atoms with Gasteiger partial charge in [-0.15, -0.1) is 0 Å². The van der Waals surface area contributed by atoms with Crippen molar-refractivity contribution in [1.82, 2.24) is 10.2 Å². The van der Waals surface area contributed by atoms with Crippen LogP contribution in [0.15, 0.2) is 0 Å². The van der Waals surface area contributed by atoms with Crippen LogP contribution in [0.25, 0.3) is 0 Å². The van der Waals surface area contributed by atoms with Gasteiger partial charge in [-0.2, -0.15) is 0 Å². The molecule has 0 spiro atoms. The molecule has 2 fully saturated rings. The van der Waals surface area contributed by atoms with Crippen LogP contribution in [0.3, 0.4) is 0 Å². The van der Waals surface area contributed by atoms with E-state index in [9.17, 15) is 0 Å². The monoisotopic (exact) mass is 284 g/mol. The standard InChI is InChI=1S/C16H32N2O2/c1-2-9-17-14-3-5-15(6-4-14)18-10-7-16(8-11-18)20-13-12-19/h14-17,19H,2-13H2,1H3. The lowest BCUT2D eigenvalue weighted by molar-refractivity contribution is -0.0190. The Morgan fingerprint density at radius 3 is 2.40 bits per heavy atom. The summed E-state index contributed by atoms with van der Waals surface area (Å²) in [5.41, 5.74) is 0. The average molecular weight is 284 g/mol. The Morgan fingerprint density at radius 2 is 1.80 bits per heavy atom. The molecule has 0 aromatic heterocycles. The molecule has 0 unspecified atom stereocenters. The zero-order chi connectivity index (χ0) is 14.2. The predicted octanol–water partition coefficient (Wildman–Crippen LogP) is 1.77. The molecule has 0 aromatic rings. The number of aliphatic hydroxyl groups excluding tert-OH is 1. The van der Waals surface area contributed by atoms with Crippen molar-refractivity contribution in [2.45, 2.75) is 70.1 Å². The Balaban J connectivity index is 1.63. The van der Waals surface area contributed by atoms with Crippen molar-refractivity contribution >= 4 is 0 Å². The number of nitrogens with zero attached hydrogens (tertiary/aromatic N) is 1. The topological polar surface area (TPSA) is 44.7 Å². The largest absolute Gasteiger partial charge is 0.394 e. The Kier molecular flexibility index (Phi) is 7.28. The van der Waals surface area contributed by atoms with Gasteiger partial charge in [0.15, 0.2) is 0 Å². The summed E-state index contributed by atoms with van der Waals surface area (Å²) in [6.07, 6.45) is 9.26. The highest BCUT2D eigenvalue weighted by atomic mass is 16.5. The SMILES string of the molecule is CCCNC1CCC(N2CCC(OCCO)CC2)CC1. The van der Waals surface area contributed by atoms with Gasteiger partial charge in [0.05, 0.1) is 19.3 Å². The molecular formula is C16H32N2O2. The van der Waals surface area contributed by atoms with Crippen molar-refractivity contribution in [3.63, 3.8) is 0 Å². The van der Waals surface area contributed by atoms with Crippen LogP contribution in [-0.2, 0) is 4.74 Å². The van der Waals surface area contributed by atoms with Gasteiger partial charge in [-0.3, -0.25) is 0 Å². The number of likely N-dealkylation sites (tertiary alicyclic amines) is 1. The number of hydrogen-bond acceptors (Lipinski definition) is 4. The summed E-state index contributed by atoms with van der Waals surface area (Å²) < 4.78 is 5.64. The number of hydrogen-bond donors (Lipinski definition) is 2. The second-order valence-electron chi connectivity index (χ2n) is 6.29. The van der Waals surface area contributed by atoms with Crippen molar-refractivity contribution in [3.8, 4) is 0 Å². The molecule has 4 heteroatoms. The molecule has 1 aliphatic carbocycles. The molecule has 2 N–H and O–H groups in total. The van der Waals surface area contributed by atoms with E-state index in [4.69, 9.17) is 9.84 Å². The van der Waals surface area contributed by atoms with Crippen LogP contribution >= 0.6 is 0 Å². The molecule has 0 radical (unpaired) electrons. The summed E-state index contributed by atoms with van der Waals surface area (Å²) in [4.78, 5) is 2.68. The molecular weight excluding hydrogens is 252 g/mol. The molecule has 2 aliphatic rings. The zero-order valence-corrected chi connectivity index (χ0v) is 13.0. The highest BCUT2D eigenvalue weighted by Crippen LogP contribution is 2.26. The minimum atomic E-state index is 0.148. The smallest absolute Gasteiger partial charge is 0.0701 e. The maximum absolute atomic E-state index is 8.80. The normalized spacial score (nSPS) is 29.7. The molecule has 0 atom stereocenters. The van der Waals surface area contributed by atoms with Gasteiger partial charge in [0.1, 0.15) is 0 Å². The highest BCUT2D eigenvalue weighted by Gasteiger charge is 2.28. The van der Waals surface area contributed by atoms with E-state index >= 15 is 0 Å². The lowest BCUT2D eigenvalue weighted by atomic mass is 9.89. The number of aliphatic hydroxyl groups is 1. The van der Waals surface area contributed by atoms with Crippen LogP contribution < -0.4 is 5.32 Å². The van der Waals surface area contributed by atoms with Crippen LogP contribution in [0.5, 0.6) is 0 Å². The fraction of sp³-hybridized carbons (Fsp3) is 1.00. The maximum Gasteiger partial charge on any atom is 0.0701 e. The summed E-state index contributed by atoms with van der Waals surface area (Å²) >= 11 is 0. The Labute approximate surface area is 123 Å². The van der Waals surface area contributed by atoms with E-state index < -0.39 is 0 Å². The fourth-order valence-corrected chi connectivity index (χ4v) is 3.62. The highest BCUT2D eigenvalue weighted by molar-refractivity contribution is 4.85. The van der Waals surface area contributed by atoms with Crippen molar-refractivity contribution in [2.24, 2.45) is 0 Å². The lowest BCUT2D eigenvalue weighted by Gasteiger charge is -2.40. The van der Waals surface area contributed by atoms with E-state index in [0.29, 0.717) is 12.7 Å². The summed E-state index contributed by atoms with van der Waals surface area (Å²) in [5.74, 6) is 0. The summed E-state index contributed by atoms with van der Waals surface area (Å²) in [7, 11) is 0. The summed E-state index contributed by atoms with van der Waals surface area (Å²) in [6, 6.07) is 1.56.